The summed E-state index contributed by atoms with van der Waals surface area (Å²) in [5.74, 6) is 0. The Bertz CT molecular complexity index is 258. The molecule has 0 spiro atoms. The molecule has 2 N–H and O–H groups in total. The average Bonchev–Trinajstić information content (AvgIpc) is 2.81. The van der Waals surface area contributed by atoms with Gasteiger partial charge in [-0.3, -0.25) is 0 Å². The quantitative estimate of drug-likeness (QED) is 0.668. The number of nitrogens with one attached hydrogen (secondary N) is 1. The summed E-state index contributed by atoms with van der Waals surface area (Å²) >= 11 is 0. The van der Waals surface area contributed by atoms with E-state index in [1.807, 2.05) is 6.92 Å². The number of hydrogen-bond acceptors (Lipinski definition) is 2. The van der Waals surface area contributed by atoms with Crippen molar-refractivity contribution >= 4 is 6.03 Å². The Hall–Kier alpha value is -1.03. The summed E-state index contributed by atoms with van der Waals surface area (Å²) in [5, 5.41) is 11.8. The zero-order chi connectivity index (χ0) is 12.5. The summed E-state index contributed by atoms with van der Waals surface area (Å²) in [6, 6.07) is -0.0560. The molecule has 0 aromatic carbocycles. The van der Waals surface area contributed by atoms with Crippen LogP contribution in [-0.4, -0.2) is 42.3 Å². The zero-order valence-electron chi connectivity index (χ0n) is 10.7. The highest BCUT2D eigenvalue weighted by molar-refractivity contribution is 5.74. The van der Waals surface area contributed by atoms with E-state index in [1.54, 1.807) is 4.90 Å². The van der Waals surface area contributed by atoms with Gasteiger partial charge < -0.3 is 15.3 Å². The average molecular weight is 240 g/mol. The van der Waals surface area contributed by atoms with E-state index in [-0.39, 0.29) is 12.6 Å². The van der Waals surface area contributed by atoms with Crippen molar-refractivity contribution in [2.75, 3.05) is 26.2 Å². The van der Waals surface area contributed by atoms with Crippen molar-refractivity contribution in [1.82, 2.24) is 10.2 Å². The number of nitrogens with zero attached hydrogens (tertiary/aromatic N) is 1. The van der Waals surface area contributed by atoms with Crippen molar-refractivity contribution in [3.05, 3.63) is 11.6 Å². The molecule has 0 heterocycles. The van der Waals surface area contributed by atoms with E-state index in [2.05, 4.69) is 11.4 Å². The lowest BCUT2D eigenvalue weighted by Crippen LogP contribution is -2.42. The van der Waals surface area contributed by atoms with Crippen LogP contribution in [0.1, 0.15) is 39.0 Å². The number of rotatable bonds is 7. The van der Waals surface area contributed by atoms with Crippen molar-refractivity contribution in [3.8, 4) is 0 Å². The molecular formula is C13H24N2O2. The number of amides is 2. The number of carbonyl (C=O) groups is 1. The third-order valence-corrected chi connectivity index (χ3v) is 3.01. The molecule has 4 nitrogen and oxygen atoms in total. The number of aliphatic hydroxyl groups excluding tert-OH is 1. The Kier molecular flexibility index (Phi) is 6.70. The van der Waals surface area contributed by atoms with Crippen LogP contribution in [-0.2, 0) is 0 Å². The van der Waals surface area contributed by atoms with Crippen LogP contribution in [0.25, 0.3) is 0 Å². The van der Waals surface area contributed by atoms with Gasteiger partial charge >= 0.3 is 6.03 Å². The van der Waals surface area contributed by atoms with Crippen molar-refractivity contribution in [3.63, 3.8) is 0 Å². The minimum atomic E-state index is -0.0560. The maximum atomic E-state index is 11.8. The van der Waals surface area contributed by atoms with Crippen LogP contribution in [0.4, 0.5) is 4.79 Å². The molecule has 0 atom stereocenters. The molecule has 2 amide bonds. The molecule has 0 saturated heterocycles. The summed E-state index contributed by atoms with van der Waals surface area (Å²) in [6.07, 6.45) is 7.80. The topological polar surface area (TPSA) is 52.6 Å². The molecule has 1 aliphatic rings. The Morgan fingerprint density at radius 2 is 2.35 bits per heavy atom. The van der Waals surface area contributed by atoms with E-state index in [4.69, 9.17) is 5.11 Å². The Morgan fingerprint density at radius 1 is 1.53 bits per heavy atom. The van der Waals surface area contributed by atoms with E-state index in [0.717, 1.165) is 12.8 Å². The second-order valence-electron chi connectivity index (χ2n) is 4.45. The largest absolute Gasteiger partial charge is 0.395 e. The van der Waals surface area contributed by atoms with Gasteiger partial charge in [0.15, 0.2) is 0 Å². The number of carbonyl (C=O) groups excluding carboxylic acids is 1. The minimum absolute atomic E-state index is 0.0264. The monoisotopic (exact) mass is 240 g/mol. The molecule has 1 rings (SSSR count). The fourth-order valence-corrected chi connectivity index (χ4v) is 2.11. The molecule has 0 unspecified atom stereocenters. The predicted molar refractivity (Wildman–Crippen MR) is 68.9 cm³/mol. The maximum Gasteiger partial charge on any atom is 0.317 e. The van der Waals surface area contributed by atoms with E-state index in [1.165, 1.54) is 24.8 Å². The van der Waals surface area contributed by atoms with Gasteiger partial charge in [0.05, 0.1) is 6.61 Å². The summed E-state index contributed by atoms with van der Waals surface area (Å²) in [6.45, 7) is 3.88. The highest BCUT2D eigenvalue weighted by Crippen LogP contribution is 2.19. The summed E-state index contributed by atoms with van der Waals surface area (Å²) in [4.78, 5) is 13.5. The van der Waals surface area contributed by atoms with Gasteiger partial charge in [-0.2, -0.15) is 0 Å². The first-order valence-corrected chi connectivity index (χ1v) is 6.59. The summed E-state index contributed by atoms with van der Waals surface area (Å²) in [5.41, 5.74) is 1.47. The molecule has 17 heavy (non-hydrogen) atoms. The number of hydrogen-bond donors (Lipinski definition) is 2. The number of aliphatic hydroxyl groups is 1. The van der Waals surface area contributed by atoms with E-state index >= 15 is 0 Å². The first kappa shape index (κ1) is 14.0. The lowest BCUT2D eigenvalue weighted by Gasteiger charge is -2.21. The van der Waals surface area contributed by atoms with Crippen molar-refractivity contribution in [2.24, 2.45) is 0 Å². The molecule has 98 valence electrons. The van der Waals surface area contributed by atoms with Gasteiger partial charge in [0, 0.05) is 19.6 Å². The zero-order valence-corrected chi connectivity index (χ0v) is 10.7. The highest BCUT2D eigenvalue weighted by Gasteiger charge is 2.11. The summed E-state index contributed by atoms with van der Waals surface area (Å²) in [7, 11) is 0. The van der Waals surface area contributed by atoms with Gasteiger partial charge in [-0.15, -0.1) is 0 Å². The predicted octanol–water partition coefficient (Wildman–Crippen LogP) is 1.90. The lowest BCUT2D eigenvalue weighted by atomic mass is 10.2. The molecule has 0 aromatic heterocycles. The van der Waals surface area contributed by atoms with Crippen molar-refractivity contribution in [2.45, 2.75) is 39.0 Å². The fraction of sp³-hybridized carbons (Fsp3) is 0.769. The molecule has 0 aromatic rings. The number of urea groups is 1. The minimum Gasteiger partial charge on any atom is -0.395 e. The normalized spacial score (nSPS) is 14.6. The molecule has 4 heteroatoms. The van der Waals surface area contributed by atoms with Crippen molar-refractivity contribution in [1.29, 1.82) is 0 Å². The lowest BCUT2D eigenvalue weighted by molar-refractivity contribution is 0.177. The molecule has 1 aliphatic carbocycles. The van der Waals surface area contributed by atoms with Gasteiger partial charge in [-0.1, -0.05) is 18.6 Å². The van der Waals surface area contributed by atoms with Crippen LogP contribution in [0, 0.1) is 0 Å². The summed E-state index contributed by atoms with van der Waals surface area (Å²) < 4.78 is 0. The molecule has 0 saturated carbocycles. The first-order valence-electron chi connectivity index (χ1n) is 6.59. The highest BCUT2D eigenvalue weighted by atomic mass is 16.3. The maximum absolute atomic E-state index is 11.8. The molecule has 0 fully saturated rings. The second kappa shape index (κ2) is 8.12. The molecular weight excluding hydrogens is 216 g/mol. The standard InChI is InChI=1S/C13H24N2O2/c1-2-9-15(10-11-16)13(17)14-8-7-12-5-3-4-6-12/h5,16H,2-4,6-11H2,1H3,(H,14,17). The Labute approximate surface area is 104 Å². The van der Waals surface area contributed by atoms with Gasteiger partial charge in [0.2, 0.25) is 0 Å². The van der Waals surface area contributed by atoms with Crippen molar-refractivity contribution < 1.29 is 9.90 Å². The molecule has 0 aliphatic heterocycles. The Balaban J connectivity index is 2.21. The van der Waals surface area contributed by atoms with Crippen LogP contribution in [0.2, 0.25) is 0 Å². The Morgan fingerprint density at radius 3 is 2.94 bits per heavy atom. The molecule has 0 radical (unpaired) electrons. The SMILES string of the molecule is CCCN(CCO)C(=O)NCCC1=CCCC1. The smallest absolute Gasteiger partial charge is 0.317 e. The first-order chi connectivity index (χ1) is 8.27. The van der Waals surface area contributed by atoms with Crippen LogP contribution in [0.5, 0.6) is 0 Å². The van der Waals surface area contributed by atoms with Gasteiger partial charge in [-0.25, -0.2) is 4.79 Å². The second-order valence-corrected chi connectivity index (χ2v) is 4.45. The van der Waals surface area contributed by atoms with Crippen LogP contribution in [0.3, 0.4) is 0 Å². The van der Waals surface area contributed by atoms with Gasteiger partial charge in [-0.05, 0) is 32.1 Å². The number of allylic oxidation sites excluding steroid dienone is 1. The molecule has 0 bridgehead atoms. The van der Waals surface area contributed by atoms with Crippen LogP contribution < -0.4 is 5.32 Å². The van der Waals surface area contributed by atoms with E-state index < -0.39 is 0 Å². The fourth-order valence-electron chi connectivity index (χ4n) is 2.11. The van der Waals surface area contributed by atoms with Crippen LogP contribution >= 0.6 is 0 Å². The van der Waals surface area contributed by atoms with Gasteiger partial charge in [0.1, 0.15) is 0 Å². The van der Waals surface area contributed by atoms with Crippen LogP contribution in [0.15, 0.2) is 11.6 Å². The van der Waals surface area contributed by atoms with E-state index in [9.17, 15) is 4.79 Å². The van der Waals surface area contributed by atoms with E-state index in [0.29, 0.717) is 19.6 Å². The third-order valence-electron chi connectivity index (χ3n) is 3.01. The van der Waals surface area contributed by atoms with Gasteiger partial charge in [0.25, 0.3) is 0 Å². The third kappa shape index (κ3) is 5.22.